The summed E-state index contributed by atoms with van der Waals surface area (Å²) >= 11 is 1.76. The average molecular weight is 610 g/mol. The summed E-state index contributed by atoms with van der Waals surface area (Å²) in [5.41, 5.74) is 6.45. The molecule has 0 aliphatic heterocycles. The third-order valence-corrected chi connectivity index (χ3v) is 6.94. The van der Waals surface area contributed by atoms with Crippen LogP contribution < -0.4 is 0 Å². The van der Waals surface area contributed by atoms with Crippen LogP contribution in [0.15, 0.2) is 89.3 Å². The van der Waals surface area contributed by atoms with Gasteiger partial charge in [-0.3, -0.25) is 4.79 Å². The summed E-state index contributed by atoms with van der Waals surface area (Å²) in [4.78, 5) is 16.3. The lowest BCUT2D eigenvalue weighted by Crippen LogP contribution is -2.09. The van der Waals surface area contributed by atoms with Crippen LogP contribution in [-0.4, -0.2) is 29.1 Å². The van der Waals surface area contributed by atoms with E-state index in [9.17, 15) is 4.79 Å². The lowest BCUT2D eigenvalue weighted by Gasteiger charge is -2.17. The molecule has 1 aliphatic carbocycles. The van der Waals surface area contributed by atoms with Gasteiger partial charge < -0.3 is 9.84 Å². The first-order valence-corrected chi connectivity index (χ1v) is 16.4. The molecular weight excluding hydrogens is 550 g/mol. The van der Waals surface area contributed by atoms with Gasteiger partial charge in [0.15, 0.2) is 5.78 Å². The number of aliphatic hydroxyl groups excluding tert-OH is 1. The molecule has 1 aromatic carbocycles. The maximum absolute atomic E-state index is 11.9. The van der Waals surface area contributed by atoms with E-state index in [-0.39, 0.29) is 11.9 Å². The molecule has 0 amide bonds. The number of carbonyl (C=O) groups is 1. The van der Waals surface area contributed by atoms with Gasteiger partial charge in [-0.1, -0.05) is 89.5 Å². The molecule has 1 N–H and O–H groups in total. The SMILES string of the molecule is C=C(C)/C=C(C(=C/C(=C)C)/C(=C\C)C(C)=O)\C(=C/C)OC.CC.CC.Cc1ccc2nc(C)sc2c1.OC1CCCCC1. The number of hydrogen-bond donors (Lipinski definition) is 1. The zero-order valence-corrected chi connectivity index (χ0v) is 30.0. The molecule has 1 saturated carbocycles. The Labute approximate surface area is 267 Å². The van der Waals surface area contributed by atoms with Crippen LogP contribution in [0.25, 0.3) is 10.2 Å². The zero-order chi connectivity index (χ0) is 33.5. The van der Waals surface area contributed by atoms with Crippen LogP contribution >= 0.6 is 11.3 Å². The van der Waals surface area contributed by atoms with Crippen LogP contribution in [0.4, 0.5) is 0 Å². The van der Waals surface area contributed by atoms with E-state index in [0.29, 0.717) is 11.3 Å². The minimum absolute atomic E-state index is 0.00386. The molecule has 1 aromatic heterocycles. The number of aromatic nitrogens is 1. The molecule has 43 heavy (non-hydrogen) atoms. The Bertz CT molecular complexity index is 1250. The van der Waals surface area contributed by atoms with Gasteiger partial charge in [-0.05, 0) is 96.7 Å². The second kappa shape index (κ2) is 24.4. The number of allylic oxidation sites excluding steroid dienone is 8. The number of methoxy groups -OCH3 is 1. The van der Waals surface area contributed by atoms with Crippen LogP contribution in [0.1, 0.15) is 105 Å². The number of carbonyl (C=O) groups excluding carboxylic acids is 1. The molecule has 0 bridgehead atoms. The Balaban J connectivity index is 0. The third kappa shape index (κ3) is 17.0. The molecule has 240 valence electrons. The van der Waals surface area contributed by atoms with Crippen molar-refractivity contribution in [3.63, 3.8) is 0 Å². The van der Waals surface area contributed by atoms with Crippen molar-refractivity contribution in [2.24, 2.45) is 0 Å². The number of benzene rings is 1. The summed E-state index contributed by atoms with van der Waals surface area (Å²) in [5.74, 6) is 0.704. The number of aryl methyl sites for hydroxylation is 2. The molecule has 1 aliphatic rings. The predicted octanol–water partition coefficient (Wildman–Crippen LogP) is 11.4. The van der Waals surface area contributed by atoms with Gasteiger partial charge in [0, 0.05) is 11.1 Å². The molecule has 3 rings (SSSR count). The standard InChI is InChI=1S/C19H26O2.C9H9NS.C6H12O.2C2H6/c1-9-16(15(7)20)17(11-13(3)4)18(12-14(5)6)19(10-2)21-8;1-6-3-4-8-9(5-6)11-7(2)10-8;7-6-4-2-1-3-5-6;2*1-2/h9-12H,3,5H2,1-2,4,6-8H3;3-5H,1-2H3;6-7H,1-5H2;2*1-2H3/b16-9-,17-11+,18-12-,19-10+;;;;. The second-order valence-corrected chi connectivity index (χ2v) is 11.2. The van der Waals surface area contributed by atoms with Gasteiger partial charge in [-0.25, -0.2) is 4.98 Å². The van der Waals surface area contributed by atoms with Crippen LogP contribution in [0.3, 0.4) is 0 Å². The first kappa shape index (κ1) is 42.1. The van der Waals surface area contributed by atoms with E-state index in [1.807, 2.05) is 86.6 Å². The first-order chi connectivity index (χ1) is 20.4. The number of ketones is 1. The number of fused-ring (bicyclic) bond motifs is 1. The predicted molar refractivity (Wildman–Crippen MR) is 192 cm³/mol. The highest BCUT2D eigenvalue weighted by Crippen LogP contribution is 2.29. The van der Waals surface area contributed by atoms with Gasteiger partial charge in [0.05, 0.1) is 28.4 Å². The maximum Gasteiger partial charge on any atom is 0.160 e. The first-order valence-electron chi connectivity index (χ1n) is 15.6. The van der Waals surface area contributed by atoms with Crippen LogP contribution in [-0.2, 0) is 9.53 Å². The van der Waals surface area contributed by atoms with E-state index in [2.05, 4.69) is 43.3 Å². The van der Waals surface area contributed by atoms with E-state index >= 15 is 0 Å². The van der Waals surface area contributed by atoms with E-state index < -0.39 is 0 Å². The van der Waals surface area contributed by atoms with Gasteiger partial charge >= 0.3 is 0 Å². The normalized spacial score (nSPS) is 14.0. The number of Topliss-reactive ketones (excluding diaryl/α,β-unsaturated/α-hetero) is 1. The Morgan fingerprint density at radius 3 is 1.84 bits per heavy atom. The second-order valence-electron chi connectivity index (χ2n) is 9.92. The topological polar surface area (TPSA) is 59.4 Å². The van der Waals surface area contributed by atoms with Gasteiger partial charge in [0.1, 0.15) is 5.76 Å². The molecule has 1 fully saturated rings. The number of nitrogens with zero attached hydrogens (tertiary/aromatic N) is 1. The van der Waals surface area contributed by atoms with Crippen molar-refractivity contribution in [1.82, 2.24) is 4.98 Å². The Morgan fingerprint density at radius 2 is 1.44 bits per heavy atom. The van der Waals surface area contributed by atoms with Crippen molar-refractivity contribution in [2.45, 2.75) is 114 Å². The summed E-state index contributed by atoms with van der Waals surface area (Å²) in [7, 11) is 1.61. The molecule has 0 radical (unpaired) electrons. The van der Waals surface area contributed by atoms with Crippen LogP contribution in [0, 0.1) is 13.8 Å². The van der Waals surface area contributed by atoms with Crippen LogP contribution in [0.5, 0.6) is 0 Å². The fourth-order valence-corrected chi connectivity index (χ4v) is 5.16. The molecule has 0 atom stereocenters. The third-order valence-electron chi connectivity index (χ3n) is 6.00. The largest absolute Gasteiger partial charge is 0.496 e. The Kier molecular flexibility index (Phi) is 23.9. The van der Waals surface area contributed by atoms with Crippen molar-refractivity contribution in [1.29, 1.82) is 0 Å². The molecule has 0 unspecified atom stereocenters. The summed E-state index contributed by atoms with van der Waals surface area (Å²) < 4.78 is 6.74. The van der Waals surface area contributed by atoms with Crippen molar-refractivity contribution in [3.8, 4) is 0 Å². The van der Waals surface area contributed by atoms with E-state index in [4.69, 9.17) is 9.84 Å². The Morgan fingerprint density at radius 1 is 0.907 bits per heavy atom. The number of thiazole rings is 1. The lowest BCUT2D eigenvalue weighted by molar-refractivity contribution is -0.113. The number of rotatable bonds is 7. The van der Waals surface area contributed by atoms with Crippen LogP contribution in [0.2, 0.25) is 0 Å². The number of aliphatic hydroxyl groups is 1. The van der Waals surface area contributed by atoms with Crippen molar-refractivity contribution in [3.05, 3.63) is 99.9 Å². The molecule has 0 saturated heterocycles. The monoisotopic (exact) mass is 609 g/mol. The Hall–Kier alpha value is -3.02. The summed E-state index contributed by atoms with van der Waals surface area (Å²) in [6.45, 7) is 29.1. The van der Waals surface area contributed by atoms with Gasteiger partial charge in [0.2, 0.25) is 0 Å². The van der Waals surface area contributed by atoms with E-state index in [1.165, 1.54) is 29.5 Å². The average Bonchev–Trinajstić information content (AvgIpc) is 3.35. The highest BCUT2D eigenvalue weighted by molar-refractivity contribution is 7.18. The minimum Gasteiger partial charge on any atom is -0.496 e. The van der Waals surface area contributed by atoms with E-state index in [0.717, 1.165) is 45.7 Å². The lowest BCUT2D eigenvalue weighted by atomic mass is 9.90. The maximum atomic E-state index is 11.9. The van der Waals surface area contributed by atoms with Crippen molar-refractivity contribution in [2.75, 3.05) is 7.11 Å². The quantitative estimate of drug-likeness (QED) is 0.193. The zero-order valence-electron chi connectivity index (χ0n) is 29.2. The summed E-state index contributed by atoms with van der Waals surface area (Å²) in [5, 5.41) is 10.1. The van der Waals surface area contributed by atoms with Gasteiger partial charge in [0.25, 0.3) is 0 Å². The molecule has 5 heteroatoms. The highest BCUT2D eigenvalue weighted by Gasteiger charge is 2.18. The molecule has 1 heterocycles. The summed E-state index contributed by atoms with van der Waals surface area (Å²) in [6, 6.07) is 6.36. The van der Waals surface area contributed by atoms with Crippen molar-refractivity contribution < 1.29 is 14.6 Å². The molecular formula is C38H59NO3S. The fraction of sp³-hybridized carbons (Fsp3) is 0.474. The highest BCUT2D eigenvalue weighted by atomic mass is 32.1. The summed E-state index contributed by atoms with van der Waals surface area (Å²) in [6.07, 6.45) is 13.4. The van der Waals surface area contributed by atoms with E-state index in [1.54, 1.807) is 25.4 Å². The van der Waals surface area contributed by atoms with Gasteiger partial charge in [-0.15, -0.1) is 11.3 Å². The number of hydrogen-bond acceptors (Lipinski definition) is 5. The minimum atomic E-state index is 0.00386. The van der Waals surface area contributed by atoms with Crippen molar-refractivity contribution >= 4 is 27.3 Å². The number of ether oxygens (including phenoxy) is 1. The fourth-order valence-electron chi connectivity index (χ4n) is 4.23. The van der Waals surface area contributed by atoms with Gasteiger partial charge in [-0.2, -0.15) is 0 Å². The smallest absolute Gasteiger partial charge is 0.160 e. The molecule has 2 aromatic rings. The molecule has 4 nitrogen and oxygen atoms in total. The molecule has 0 spiro atoms.